The van der Waals surface area contributed by atoms with Crippen molar-refractivity contribution in [2.45, 2.75) is 147 Å². The van der Waals surface area contributed by atoms with Gasteiger partial charge < -0.3 is 10.3 Å². The molecule has 3 fully saturated rings. The molecule has 0 spiro atoms. The number of Topliss-reactive ketones (excluding diaryl/α,β-unsaturated/α-hetero) is 2. The third kappa shape index (κ3) is 22.9. The topological polar surface area (TPSA) is 355 Å². The summed E-state index contributed by atoms with van der Waals surface area (Å²) in [6.45, 7) is 6.33. The highest BCUT2D eigenvalue weighted by Crippen LogP contribution is 2.42. The van der Waals surface area contributed by atoms with Crippen LogP contribution in [0.2, 0.25) is 0 Å². The Bertz CT molecular complexity index is 8050. The van der Waals surface area contributed by atoms with Gasteiger partial charge in [0.2, 0.25) is 36.0 Å². The molecule has 1 amide bonds. The molecule has 0 bridgehead atoms. The summed E-state index contributed by atoms with van der Waals surface area (Å²) in [6.07, 6.45) is 14.3. The second-order valence-corrected chi connectivity index (χ2v) is 45.5. The summed E-state index contributed by atoms with van der Waals surface area (Å²) >= 11 is 10.2. The Hall–Kier alpha value is -12.2. The van der Waals surface area contributed by atoms with Crippen molar-refractivity contribution in [2.75, 3.05) is 30.2 Å². The number of benzene rings is 9. The highest BCUT2D eigenvalue weighted by Gasteiger charge is 2.41. The number of aryl methyl sites for hydroxylation is 3. The highest BCUT2D eigenvalue weighted by atomic mass is 35.7. The fourth-order valence-corrected chi connectivity index (χ4v) is 26.1. The molecule has 0 saturated carbocycles. The number of anilines is 1. The summed E-state index contributed by atoms with van der Waals surface area (Å²) in [5, 5.41) is 10.6. The van der Waals surface area contributed by atoms with Crippen LogP contribution in [0.25, 0.3) is 108 Å². The third-order valence-corrected chi connectivity index (χ3v) is 34.2. The van der Waals surface area contributed by atoms with Crippen LogP contribution in [0.15, 0.2) is 243 Å². The molecule has 724 valence electrons. The summed E-state index contributed by atoms with van der Waals surface area (Å²) in [5.74, 6) is -2.77. The van der Waals surface area contributed by atoms with E-state index in [0.29, 0.717) is 102 Å². The average molecular weight is 2070 g/mol. The van der Waals surface area contributed by atoms with E-state index in [1.54, 1.807) is 116 Å². The molecule has 2 N–H and O–H groups in total. The Morgan fingerprint density at radius 2 is 0.893 bits per heavy atom. The lowest BCUT2D eigenvalue weighted by Crippen LogP contribution is -2.47. The van der Waals surface area contributed by atoms with Gasteiger partial charge in [-0.1, -0.05) is 188 Å². The number of amides is 1. The predicted octanol–water partition coefficient (Wildman–Crippen LogP) is 20.0. The number of H-pyrrole nitrogens is 1. The maximum absolute atomic E-state index is 16.2. The zero-order chi connectivity index (χ0) is 98.9. The monoisotopic (exact) mass is 2060 g/mol. The van der Waals surface area contributed by atoms with Gasteiger partial charge in [-0.3, -0.25) is 28.1 Å². The molecule has 27 nitrogen and oxygen atoms in total. The van der Waals surface area contributed by atoms with Crippen LogP contribution in [0.3, 0.4) is 0 Å². The lowest BCUT2D eigenvalue weighted by molar-refractivity contribution is -0.123. The molecule has 16 aromatic rings. The number of rotatable bonds is 24. The lowest BCUT2D eigenvalue weighted by Gasteiger charge is -2.28. The Balaban J connectivity index is 0.000000151. The molecule has 3 aliphatic heterocycles. The van der Waals surface area contributed by atoms with Crippen LogP contribution < -0.4 is 16.7 Å². The maximum atomic E-state index is 16.2. The fourth-order valence-electron chi connectivity index (χ4n) is 18.0. The Morgan fingerprint density at radius 3 is 1.35 bits per heavy atom. The number of nitrogens with one attached hydrogen (secondary N) is 2. The van der Waals surface area contributed by atoms with Gasteiger partial charge in [0.05, 0.1) is 46.4 Å². The molecule has 0 radical (unpaired) electrons. The molecular weight excluding hydrogens is 1970 g/mol. The number of hydrogen-bond donors (Lipinski definition) is 2. The van der Waals surface area contributed by atoms with Crippen molar-refractivity contribution in [1.82, 2.24) is 51.5 Å². The minimum atomic E-state index is -4.22. The standard InChI is InChI=1S/C43H40FN5O4S2.C35H32FN5O4S2.C22H22ClFN2O3S2.CClNO3S/c1-28-14-16-30(17-15-28)25-47-39-21-31(33-23-45-29(2)46-24-33)18-19-37(39)48(43(47)51)27-55(52,53)49-20-7-3-4-12-38(49)40(50)22-32-9-8-11-35(42(32)44)36-26-54-41-13-6-5-10-34(36)41;1-22-37-18-25(19-38-22)23-13-14-30-29(16-23)39-35(43)40(30)21-47(44,45)41-15-6-2-3-11-31(41)32(42)17-24-8-7-10-27(34(24)36)28-20-46-33-12-5-4-9-26(28)33;23-14-31(28,29)26-12-5-1-2-10-19(26)22(27)25-18-9-6-8-16(21(18)24)17-13-30-20-11-4-3-7-15(17)20;2-7(5,6)3-1-4/h5-6,8-11,13-19,21,23-24,26,38H,3-4,7,12,20,22,25,27H2,1-2H3;4-5,7-10,12-14,16,18-20,31H,2-3,6,11,15,17,21H2,1H3,(H,39,43);3-4,6-9,11,13,19H,1-2,5,10,12,14H2,(H,25,27);/t38-;31-;19-;/m000./s1. The number of hydrogen-bond acceptors (Lipinski definition) is 21. The first kappa shape index (κ1) is 101. The van der Waals surface area contributed by atoms with Crippen molar-refractivity contribution in [3.63, 3.8) is 0 Å². The first-order valence-electron chi connectivity index (χ1n) is 45.0. The van der Waals surface area contributed by atoms with Crippen LogP contribution in [0, 0.1) is 38.2 Å². The summed E-state index contributed by atoms with van der Waals surface area (Å²) in [6, 6.07) is 53.9. The molecule has 9 aromatic carbocycles. The Labute approximate surface area is 826 Å². The van der Waals surface area contributed by atoms with E-state index >= 15 is 13.2 Å². The van der Waals surface area contributed by atoms with E-state index in [4.69, 9.17) is 16.4 Å². The van der Waals surface area contributed by atoms with Crippen molar-refractivity contribution in [3.05, 3.63) is 301 Å². The molecule has 0 unspecified atom stereocenters. The fraction of sp³-hybridized carbons (Fsp3) is 0.267. The zero-order valence-corrected chi connectivity index (χ0v) is 83.1. The summed E-state index contributed by atoms with van der Waals surface area (Å²) in [5.41, 5.74) is 9.90. The smallest absolute Gasteiger partial charge is 0.322 e. The van der Waals surface area contributed by atoms with E-state index in [0.717, 1.165) is 116 Å². The number of carbonyl (C=O) groups excluding carboxylic acids is 4. The van der Waals surface area contributed by atoms with E-state index in [9.17, 15) is 57.6 Å². The van der Waals surface area contributed by atoms with Crippen LogP contribution in [0.4, 0.5) is 18.9 Å². The Morgan fingerprint density at radius 1 is 0.464 bits per heavy atom. The van der Waals surface area contributed by atoms with E-state index in [-0.39, 0.29) is 67.4 Å². The number of halogens is 5. The number of aromatic amines is 1. The van der Waals surface area contributed by atoms with Gasteiger partial charge in [0.1, 0.15) is 46.3 Å². The van der Waals surface area contributed by atoms with Crippen molar-refractivity contribution < 1.29 is 66.0 Å². The third-order valence-electron chi connectivity index (χ3n) is 25.0. The summed E-state index contributed by atoms with van der Waals surface area (Å²) in [4.78, 5) is 97.3. The zero-order valence-electron chi connectivity index (χ0n) is 75.9. The number of ketones is 2. The number of nitrogens with zero attached hydrogens (tertiary/aromatic N) is 11. The largest absolute Gasteiger partial charge is 0.350 e. The van der Waals surface area contributed by atoms with Gasteiger partial charge in [0.15, 0.2) is 17.4 Å². The molecule has 7 aromatic heterocycles. The molecule has 3 saturated heterocycles. The molecule has 3 aliphatic rings. The summed E-state index contributed by atoms with van der Waals surface area (Å²) < 4.78 is 162. The van der Waals surface area contributed by atoms with Gasteiger partial charge in [-0.2, -0.15) is 21.3 Å². The van der Waals surface area contributed by atoms with Crippen LogP contribution in [0.1, 0.15) is 111 Å². The molecule has 3 atom stereocenters. The number of carbonyl (C=O) groups is 3. The average Bonchev–Trinajstić information content (AvgIpc) is 1.59. The van der Waals surface area contributed by atoms with Crippen LogP contribution in [-0.2, 0) is 89.6 Å². The first-order chi connectivity index (χ1) is 67.2. The number of aromatic nitrogens is 8. The minimum absolute atomic E-state index is 0.0326. The Kier molecular flexibility index (Phi) is 31.6. The van der Waals surface area contributed by atoms with Gasteiger partial charge in [-0.05, 0) is 152 Å². The van der Waals surface area contributed by atoms with Crippen LogP contribution in [-0.4, -0.2) is 152 Å². The second-order valence-electron chi connectivity index (χ2n) is 34.3. The quantitative estimate of drug-likeness (QED) is 0.0245. The number of alkyl halides is 1. The van der Waals surface area contributed by atoms with Gasteiger partial charge in [-0.25, -0.2) is 72.7 Å². The predicted molar refractivity (Wildman–Crippen MR) is 546 cm³/mol. The lowest BCUT2D eigenvalue weighted by atomic mass is 9.96. The molecule has 140 heavy (non-hydrogen) atoms. The minimum Gasteiger partial charge on any atom is -0.322 e. The van der Waals surface area contributed by atoms with Gasteiger partial charge in [-0.15, -0.1) is 45.6 Å². The highest BCUT2D eigenvalue weighted by molar-refractivity contribution is 8.12. The second kappa shape index (κ2) is 43.9. The number of sulfonamides is 3. The molecule has 39 heteroatoms. The summed E-state index contributed by atoms with van der Waals surface area (Å²) in [7, 11) is -11.7. The van der Waals surface area contributed by atoms with E-state index in [1.807, 2.05) is 132 Å². The van der Waals surface area contributed by atoms with Crippen molar-refractivity contribution in [1.29, 1.82) is 0 Å². The van der Waals surface area contributed by atoms with Crippen molar-refractivity contribution in [2.24, 2.45) is 4.40 Å². The van der Waals surface area contributed by atoms with Crippen LogP contribution >= 0.6 is 56.3 Å². The number of imidazole rings is 2. The van der Waals surface area contributed by atoms with E-state index in [1.165, 1.54) is 57.8 Å². The number of isocyanates is 1. The van der Waals surface area contributed by atoms with Gasteiger partial charge >= 0.3 is 20.6 Å². The number of thiophene rings is 3. The van der Waals surface area contributed by atoms with E-state index < -0.39 is 109 Å². The molecule has 19 rings (SSSR count). The molecular formula is C101H94Cl2F3N13O14S7. The SMILES string of the molecule is Cc1ccc(Cn2c(=O)n(CS(=O)(=O)N3CCCCC[C@H]3C(=O)Cc3cccc(-c4csc5ccccc45)c3F)c3ccc(-c4cnc(C)nc4)cc32)cc1.Cc1ncc(-c2ccc3c(c2)[nH]c(=O)n3CS(=O)(=O)N2CCCCC[C@H]2C(=O)Cc2cccc(-c3csc4ccccc34)c2F)cn1.O=C(Nc1cccc(-c2csc3ccccc23)c1F)[C@@H]1CCCCCN1S(=O)(=O)CCl.O=C=NS(=O)(=O)Cl. The van der Waals surface area contributed by atoms with Crippen molar-refractivity contribution in [3.8, 4) is 55.6 Å². The molecule has 10 heterocycles. The van der Waals surface area contributed by atoms with Gasteiger partial charge in [0, 0.05) is 143 Å². The van der Waals surface area contributed by atoms with Gasteiger partial charge in [0.25, 0.3) is 6.08 Å². The normalized spacial score (nSPS) is 16.0. The number of fused-ring (bicyclic) bond motifs is 5. The van der Waals surface area contributed by atoms with Crippen LogP contribution in [0.5, 0.6) is 0 Å². The van der Waals surface area contributed by atoms with Crippen molar-refractivity contribution >= 4 is 177 Å². The maximum Gasteiger partial charge on any atom is 0.350 e. The van der Waals surface area contributed by atoms with E-state index in [2.05, 4.69) is 45.3 Å². The first-order valence-corrected chi connectivity index (χ1v) is 55.3. The molecule has 0 aliphatic carbocycles.